The summed E-state index contributed by atoms with van der Waals surface area (Å²) in [5.41, 5.74) is 0. The van der Waals surface area contributed by atoms with Gasteiger partial charge in [0, 0.05) is 0 Å². The molecule has 0 fully saturated rings. The minimum atomic E-state index is -0.592. The lowest BCUT2D eigenvalue weighted by molar-refractivity contribution is 0.0818. The molecule has 2 rings (SSSR count). The molecule has 0 aliphatic heterocycles. The van der Waals surface area contributed by atoms with Crippen LogP contribution in [-0.2, 0) is 0 Å². The molecule has 0 bridgehead atoms. The van der Waals surface area contributed by atoms with E-state index >= 15 is 0 Å². The SMILES string of the molecule is COc1ccccc1OC(C)C(=O)c1ccc(Cl)s1. The van der Waals surface area contributed by atoms with Gasteiger partial charge in [-0.1, -0.05) is 23.7 Å². The summed E-state index contributed by atoms with van der Waals surface area (Å²) in [4.78, 5) is 12.7. The molecule has 0 amide bonds. The predicted molar refractivity (Wildman–Crippen MR) is 76.7 cm³/mol. The fourth-order valence-corrected chi connectivity index (χ4v) is 2.67. The van der Waals surface area contributed by atoms with Crippen molar-refractivity contribution >= 4 is 28.7 Å². The van der Waals surface area contributed by atoms with Crippen molar-refractivity contribution < 1.29 is 14.3 Å². The average Bonchev–Trinajstić information content (AvgIpc) is 2.85. The zero-order valence-corrected chi connectivity index (χ0v) is 12.1. The van der Waals surface area contributed by atoms with E-state index in [0.29, 0.717) is 20.7 Å². The van der Waals surface area contributed by atoms with E-state index < -0.39 is 6.10 Å². The molecule has 100 valence electrons. The Bertz CT molecular complexity index is 580. The molecule has 1 atom stereocenters. The van der Waals surface area contributed by atoms with Crippen molar-refractivity contribution in [3.05, 3.63) is 45.6 Å². The van der Waals surface area contributed by atoms with Gasteiger partial charge in [-0.05, 0) is 31.2 Å². The van der Waals surface area contributed by atoms with Crippen LogP contribution in [0.2, 0.25) is 4.34 Å². The highest BCUT2D eigenvalue weighted by Gasteiger charge is 2.19. The monoisotopic (exact) mass is 296 g/mol. The molecular weight excluding hydrogens is 284 g/mol. The van der Waals surface area contributed by atoms with Gasteiger partial charge in [-0.25, -0.2) is 0 Å². The highest BCUT2D eigenvalue weighted by Crippen LogP contribution is 2.28. The Balaban J connectivity index is 2.12. The number of halogens is 1. The van der Waals surface area contributed by atoms with E-state index in [1.165, 1.54) is 11.3 Å². The summed E-state index contributed by atoms with van der Waals surface area (Å²) in [7, 11) is 1.56. The van der Waals surface area contributed by atoms with Crippen LogP contribution < -0.4 is 9.47 Å². The number of methoxy groups -OCH3 is 1. The summed E-state index contributed by atoms with van der Waals surface area (Å²) in [5.74, 6) is 1.06. The molecule has 1 heterocycles. The van der Waals surface area contributed by atoms with Crippen LogP contribution in [0.15, 0.2) is 36.4 Å². The standard InChI is InChI=1S/C14H13ClO3S/c1-9(14(16)12-7-8-13(15)19-12)18-11-6-4-3-5-10(11)17-2/h3-9H,1-2H3. The lowest BCUT2D eigenvalue weighted by Crippen LogP contribution is -2.23. The zero-order valence-electron chi connectivity index (χ0n) is 10.6. The molecular formula is C14H13ClO3S. The second-order valence-electron chi connectivity index (χ2n) is 3.88. The largest absolute Gasteiger partial charge is 0.493 e. The van der Waals surface area contributed by atoms with Crippen molar-refractivity contribution in [3.63, 3.8) is 0 Å². The number of thiophene rings is 1. The Labute approximate surface area is 120 Å². The van der Waals surface area contributed by atoms with Gasteiger partial charge in [-0.2, -0.15) is 0 Å². The van der Waals surface area contributed by atoms with Crippen molar-refractivity contribution in [3.8, 4) is 11.5 Å². The van der Waals surface area contributed by atoms with Crippen LogP contribution in [-0.4, -0.2) is 19.0 Å². The number of carbonyl (C=O) groups is 1. The third kappa shape index (κ3) is 3.28. The summed E-state index contributed by atoms with van der Waals surface area (Å²) in [6.45, 7) is 1.71. The molecule has 1 unspecified atom stereocenters. The molecule has 19 heavy (non-hydrogen) atoms. The van der Waals surface area contributed by atoms with Gasteiger partial charge in [0.15, 0.2) is 17.6 Å². The Morgan fingerprint density at radius 1 is 1.21 bits per heavy atom. The third-order valence-electron chi connectivity index (χ3n) is 2.56. The molecule has 0 radical (unpaired) electrons. The second-order valence-corrected chi connectivity index (χ2v) is 5.59. The quantitative estimate of drug-likeness (QED) is 0.781. The normalized spacial score (nSPS) is 11.9. The molecule has 3 nitrogen and oxygen atoms in total. The van der Waals surface area contributed by atoms with Gasteiger partial charge in [0.05, 0.1) is 16.3 Å². The maximum absolute atomic E-state index is 12.1. The van der Waals surface area contributed by atoms with Crippen LogP contribution in [0.4, 0.5) is 0 Å². The highest BCUT2D eigenvalue weighted by molar-refractivity contribution is 7.18. The van der Waals surface area contributed by atoms with E-state index in [4.69, 9.17) is 21.1 Å². The van der Waals surface area contributed by atoms with E-state index in [0.717, 1.165) is 0 Å². The number of benzene rings is 1. The fraction of sp³-hybridized carbons (Fsp3) is 0.214. The molecule has 0 saturated carbocycles. The lowest BCUT2D eigenvalue weighted by atomic mass is 10.2. The molecule has 0 saturated heterocycles. The Kier molecular flexibility index (Phi) is 4.45. The van der Waals surface area contributed by atoms with Crippen LogP contribution in [0.25, 0.3) is 0 Å². The number of carbonyl (C=O) groups excluding carboxylic acids is 1. The first-order chi connectivity index (χ1) is 9.11. The molecule has 0 aliphatic carbocycles. The van der Waals surface area contributed by atoms with Crippen molar-refractivity contribution in [2.75, 3.05) is 7.11 Å². The second kappa shape index (κ2) is 6.08. The predicted octanol–water partition coefficient (Wildman–Crippen LogP) is 4.06. The first kappa shape index (κ1) is 13.9. The highest BCUT2D eigenvalue weighted by atomic mass is 35.5. The number of ether oxygens (including phenoxy) is 2. The molecule has 1 aromatic heterocycles. The number of para-hydroxylation sites is 2. The van der Waals surface area contributed by atoms with Crippen LogP contribution in [0.1, 0.15) is 16.6 Å². The molecule has 5 heteroatoms. The van der Waals surface area contributed by atoms with Crippen LogP contribution in [0.3, 0.4) is 0 Å². The van der Waals surface area contributed by atoms with Gasteiger partial charge in [0.1, 0.15) is 0 Å². The van der Waals surface area contributed by atoms with E-state index in [1.54, 1.807) is 38.3 Å². The van der Waals surface area contributed by atoms with Crippen LogP contribution in [0.5, 0.6) is 11.5 Å². The molecule has 1 aromatic carbocycles. The molecule has 0 spiro atoms. The van der Waals surface area contributed by atoms with Gasteiger partial charge in [0.25, 0.3) is 0 Å². The summed E-state index contributed by atoms with van der Waals surface area (Å²) < 4.78 is 11.4. The van der Waals surface area contributed by atoms with E-state index in [1.807, 2.05) is 12.1 Å². The third-order valence-corrected chi connectivity index (χ3v) is 3.80. The number of rotatable bonds is 5. The van der Waals surface area contributed by atoms with Crippen molar-refractivity contribution in [1.29, 1.82) is 0 Å². The minimum Gasteiger partial charge on any atom is -0.493 e. The van der Waals surface area contributed by atoms with Crippen LogP contribution in [0, 0.1) is 0 Å². The fourth-order valence-electron chi connectivity index (χ4n) is 1.61. The Hall–Kier alpha value is -1.52. The molecule has 0 aliphatic rings. The van der Waals surface area contributed by atoms with E-state index in [9.17, 15) is 4.79 Å². The van der Waals surface area contributed by atoms with Gasteiger partial charge in [-0.3, -0.25) is 4.79 Å². The number of hydrogen-bond acceptors (Lipinski definition) is 4. The zero-order chi connectivity index (χ0) is 13.8. The summed E-state index contributed by atoms with van der Waals surface area (Å²) in [6, 6.07) is 10.6. The summed E-state index contributed by atoms with van der Waals surface area (Å²) in [6.07, 6.45) is -0.592. The van der Waals surface area contributed by atoms with Gasteiger partial charge >= 0.3 is 0 Å². The topological polar surface area (TPSA) is 35.5 Å². The van der Waals surface area contributed by atoms with Crippen molar-refractivity contribution in [1.82, 2.24) is 0 Å². The average molecular weight is 297 g/mol. The molecule has 0 N–H and O–H groups in total. The summed E-state index contributed by atoms with van der Waals surface area (Å²) >= 11 is 7.07. The van der Waals surface area contributed by atoms with Crippen LogP contribution >= 0.6 is 22.9 Å². The van der Waals surface area contributed by atoms with E-state index in [2.05, 4.69) is 0 Å². The molecule has 2 aromatic rings. The first-order valence-corrected chi connectivity index (χ1v) is 6.90. The number of Topliss-reactive ketones (excluding diaryl/α,β-unsaturated/α-hetero) is 1. The first-order valence-electron chi connectivity index (χ1n) is 5.71. The number of ketones is 1. The minimum absolute atomic E-state index is 0.0946. The number of hydrogen-bond donors (Lipinski definition) is 0. The maximum Gasteiger partial charge on any atom is 0.212 e. The Morgan fingerprint density at radius 3 is 2.47 bits per heavy atom. The van der Waals surface area contributed by atoms with Gasteiger partial charge in [-0.15, -0.1) is 11.3 Å². The lowest BCUT2D eigenvalue weighted by Gasteiger charge is -2.15. The van der Waals surface area contributed by atoms with E-state index in [-0.39, 0.29) is 5.78 Å². The van der Waals surface area contributed by atoms with Crippen molar-refractivity contribution in [2.45, 2.75) is 13.0 Å². The van der Waals surface area contributed by atoms with Gasteiger partial charge < -0.3 is 9.47 Å². The smallest absolute Gasteiger partial charge is 0.212 e. The maximum atomic E-state index is 12.1. The summed E-state index contributed by atoms with van der Waals surface area (Å²) in [5, 5.41) is 0. The van der Waals surface area contributed by atoms with Gasteiger partial charge in [0.2, 0.25) is 5.78 Å². The van der Waals surface area contributed by atoms with Crippen molar-refractivity contribution in [2.24, 2.45) is 0 Å². The Morgan fingerprint density at radius 2 is 1.89 bits per heavy atom.